The normalized spacial score (nSPS) is 13.2. The van der Waals surface area contributed by atoms with Gasteiger partial charge in [-0.15, -0.1) is 11.3 Å². The first-order valence-electron chi connectivity index (χ1n) is 12.2. The zero-order chi connectivity index (χ0) is 24.6. The molecule has 8 heteroatoms. The Morgan fingerprint density at radius 1 is 1.09 bits per heavy atom. The number of hydrogen-bond donors (Lipinski definition) is 2. The molecule has 1 aromatic heterocycles. The number of thiophene rings is 1. The van der Waals surface area contributed by atoms with Crippen molar-refractivity contribution in [3.63, 3.8) is 0 Å². The lowest BCUT2D eigenvalue weighted by Crippen LogP contribution is -2.41. The molecule has 2 heterocycles. The molecule has 1 aliphatic heterocycles. The van der Waals surface area contributed by atoms with E-state index in [2.05, 4.69) is 40.3 Å². The second-order valence-electron chi connectivity index (χ2n) is 8.82. The number of rotatable bonds is 11. The maximum atomic E-state index is 12.5. The molecular formula is C27H33N3O4S. The largest absolute Gasteiger partial charge is 0.494 e. The quantitative estimate of drug-likeness (QED) is 0.338. The molecule has 4 rings (SSSR count). The Labute approximate surface area is 210 Å². The molecule has 7 nitrogen and oxygen atoms in total. The molecule has 0 fully saturated rings. The van der Waals surface area contributed by atoms with Gasteiger partial charge in [0, 0.05) is 41.4 Å². The van der Waals surface area contributed by atoms with Crippen LogP contribution in [-0.2, 0) is 16.0 Å². The zero-order valence-corrected chi connectivity index (χ0v) is 21.2. The number of aryl methyl sites for hydroxylation is 1. The van der Waals surface area contributed by atoms with Gasteiger partial charge < -0.3 is 20.1 Å². The first-order chi connectivity index (χ1) is 17.0. The molecule has 0 saturated carbocycles. The highest BCUT2D eigenvalue weighted by molar-refractivity contribution is 7.17. The van der Waals surface area contributed by atoms with Crippen LogP contribution in [0, 0.1) is 0 Å². The first-order valence-corrected chi connectivity index (χ1v) is 13.1. The molecule has 0 bridgehead atoms. The third-order valence-electron chi connectivity index (χ3n) is 5.80. The topological polar surface area (TPSA) is 79.9 Å². The molecule has 186 valence electrons. The van der Waals surface area contributed by atoms with Crippen molar-refractivity contribution in [2.45, 2.75) is 45.6 Å². The van der Waals surface area contributed by atoms with Crippen LogP contribution in [0.4, 0.5) is 16.2 Å². The summed E-state index contributed by atoms with van der Waals surface area (Å²) in [5, 5.41) is 10.4. The Morgan fingerprint density at radius 2 is 1.97 bits per heavy atom. The van der Waals surface area contributed by atoms with Crippen LogP contribution < -0.4 is 20.3 Å². The number of fused-ring (bicyclic) bond motifs is 2. The SMILES string of the molecule is CC(C)OC(=O)N1C(=O)CCc2ccc(OCCCCNCCNc3cccc4sccc34)cc21. The monoisotopic (exact) mass is 495 g/mol. The lowest BCUT2D eigenvalue weighted by molar-refractivity contribution is -0.118. The number of carbonyl (C=O) groups is 2. The molecule has 0 atom stereocenters. The molecule has 35 heavy (non-hydrogen) atoms. The average molecular weight is 496 g/mol. The third-order valence-corrected chi connectivity index (χ3v) is 6.69. The molecule has 1 aliphatic rings. The predicted molar refractivity (Wildman–Crippen MR) is 142 cm³/mol. The fourth-order valence-corrected chi connectivity index (χ4v) is 4.91. The van der Waals surface area contributed by atoms with Gasteiger partial charge in [0.1, 0.15) is 5.75 Å². The molecule has 0 spiro atoms. The third kappa shape index (κ3) is 6.52. The van der Waals surface area contributed by atoms with Gasteiger partial charge >= 0.3 is 6.09 Å². The van der Waals surface area contributed by atoms with Crippen LogP contribution in [0.1, 0.15) is 38.7 Å². The van der Waals surface area contributed by atoms with Crippen LogP contribution in [0.5, 0.6) is 5.75 Å². The van der Waals surface area contributed by atoms with Crippen molar-refractivity contribution in [2.75, 3.05) is 36.5 Å². The zero-order valence-electron chi connectivity index (χ0n) is 20.3. The molecule has 2 amide bonds. The van der Waals surface area contributed by atoms with Gasteiger partial charge in [-0.3, -0.25) is 4.79 Å². The van der Waals surface area contributed by atoms with Crippen molar-refractivity contribution in [1.29, 1.82) is 0 Å². The van der Waals surface area contributed by atoms with Crippen LogP contribution in [0.3, 0.4) is 0 Å². The Bertz CT molecular complexity index is 1160. The molecule has 0 unspecified atom stereocenters. The smallest absolute Gasteiger partial charge is 0.421 e. The Balaban J connectivity index is 1.16. The van der Waals surface area contributed by atoms with Crippen molar-refractivity contribution in [2.24, 2.45) is 0 Å². The molecule has 0 radical (unpaired) electrons. The fraction of sp³-hybridized carbons (Fsp3) is 0.407. The summed E-state index contributed by atoms with van der Waals surface area (Å²) in [6, 6.07) is 14.1. The van der Waals surface area contributed by atoms with Crippen molar-refractivity contribution >= 4 is 44.8 Å². The van der Waals surface area contributed by atoms with E-state index in [1.807, 2.05) is 12.1 Å². The highest BCUT2D eigenvalue weighted by Gasteiger charge is 2.31. The predicted octanol–water partition coefficient (Wildman–Crippen LogP) is 5.59. The number of unbranched alkanes of at least 4 members (excludes halogenated alkanes) is 1. The minimum Gasteiger partial charge on any atom is -0.494 e. The van der Waals surface area contributed by atoms with E-state index in [0.29, 0.717) is 30.9 Å². The van der Waals surface area contributed by atoms with Crippen LogP contribution >= 0.6 is 11.3 Å². The number of anilines is 2. The van der Waals surface area contributed by atoms with Gasteiger partial charge in [-0.2, -0.15) is 0 Å². The van der Waals surface area contributed by atoms with Crippen LogP contribution in [-0.4, -0.2) is 44.3 Å². The van der Waals surface area contributed by atoms with Gasteiger partial charge in [-0.05, 0) is 74.9 Å². The molecule has 3 aromatic rings. The summed E-state index contributed by atoms with van der Waals surface area (Å²) in [6.45, 7) is 6.79. The maximum absolute atomic E-state index is 12.5. The van der Waals surface area contributed by atoms with E-state index < -0.39 is 6.09 Å². The van der Waals surface area contributed by atoms with Crippen molar-refractivity contribution in [3.05, 3.63) is 53.4 Å². The standard InChI is InChI=1S/C27H33N3O4S/c1-19(2)34-27(32)30-24-18-21(10-8-20(24)9-11-26(30)31)33-16-4-3-13-28-14-15-29-23-6-5-7-25-22(23)12-17-35-25/h5-8,10,12,17-19,28-29H,3-4,9,11,13-16H2,1-2H3. The summed E-state index contributed by atoms with van der Waals surface area (Å²) in [6.07, 6.45) is 1.89. The fourth-order valence-electron chi connectivity index (χ4n) is 4.10. The van der Waals surface area contributed by atoms with Gasteiger partial charge in [0.15, 0.2) is 0 Å². The highest BCUT2D eigenvalue weighted by Crippen LogP contribution is 2.32. The minimum absolute atomic E-state index is 0.243. The van der Waals surface area contributed by atoms with Gasteiger partial charge in [0.2, 0.25) is 5.91 Å². The van der Waals surface area contributed by atoms with E-state index >= 15 is 0 Å². The number of nitrogens with one attached hydrogen (secondary N) is 2. The first kappa shape index (κ1) is 25.0. The van der Waals surface area contributed by atoms with E-state index in [0.717, 1.165) is 42.9 Å². The van der Waals surface area contributed by atoms with Crippen LogP contribution in [0.2, 0.25) is 0 Å². The number of imide groups is 1. The van der Waals surface area contributed by atoms with Gasteiger partial charge in [0.05, 0.1) is 18.4 Å². The lowest BCUT2D eigenvalue weighted by Gasteiger charge is -2.28. The number of nitrogens with zero attached hydrogens (tertiary/aromatic N) is 1. The van der Waals surface area contributed by atoms with E-state index in [4.69, 9.17) is 9.47 Å². The molecule has 2 N–H and O–H groups in total. The van der Waals surface area contributed by atoms with Gasteiger partial charge in [-0.25, -0.2) is 9.69 Å². The van der Waals surface area contributed by atoms with Crippen molar-refractivity contribution in [3.8, 4) is 5.75 Å². The Hall–Kier alpha value is -3.10. The van der Waals surface area contributed by atoms with E-state index in [1.54, 1.807) is 31.3 Å². The highest BCUT2D eigenvalue weighted by atomic mass is 32.1. The molecular weight excluding hydrogens is 462 g/mol. The lowest BCUT2D eigenvalue weighted by atomic mass is 10.0. The average Bonchev–Trinajstić information content (AvgIpc) is 3.32. The number of amides is 2. The van der Waals surface area contributed by atoms with Gasteiger partial charge in [-0.1, -0.05) is 12.1 Å². The van der Waals surface area contributed by atoms with Crippen LogP contribution in [0.15, 0.2) is 47.8 Å². The molecule has 0 aliphatic carbocycles. The van der Waals surface area contributed by atoms with Crippen LogP contribution in [0.25, 0.3) is 10.1 Å². The summed E-state index contributed by atoms with van der Waals surface area (Å²) in [5.41, 5.74) is 2.70. The van der Waals surface area contributed by atoms with Gasteiger partial charge in [0.25, 0.3) is 0 Å². The van der Waals surface area contributed by atoms with E-state index in [9.17, 15) is 9.59 Å². The number of benzene rings is 2. The Morgan fingerprint density at radius 3 is 2.83 bits per heavy atom. The summed E-state index contributed by atoms with van der Waals surface area (Å²) in [5.74, 6) is 0.411. The summed E-state index contributed by atoms with van der Waals surface area (Å²) >= 11 is 1.76. The van der Waals surface area contributed by atoms with E-state index in [-0.39, 0.29) is 12.0 Å². The van der Waals surface area contributed by atoms with Crippen molar-refractivity contribution < 1.29 is 19.1 Å². The minimum atomic E-state index is -0.629. The number of hydrogen-bond acceptors (Lipinski definition) is 7. The number of ether oxygens (including phenoxy) is 2. The second kappa shape index (κ2) is 12.0. The molecule has 0 saturated heterocycles. The summed E-state index contributed by atoms with van der Waals surface area (Å²) in [4.78, 5) is 26.0. The molecule has 2 aromatic carbocycles. The summed E-state index contributed by atoms with van der Waals surface area (Å²) in [7, 11) is 0. The maximum Gasteiger partial charge on any atom is 0.421 e. The number of carbonyl (C=O) groups excluding carboxylic acids is 2. The second-order valence-corrected chi connectivity index (χ2v) is 9.77. The van der Waals surface area contributed by atoms with Crippen molar-refractivity contribution in [1.82, 2.24) is 5.32 Å². The Kier molecular flexibility index (Phi) is 8.60. The summed E-state index contributed by atoms with van der Waals surface area (Å²) < 4.78 is 12.5. The van der Waals surface area contributed by atoms with E-state index in [1.165, 1.54) is 15.8 Å².